The van der Waals surface area contributed by atoms with E-state index in [9.17, 15) is 0 Å². The summed E-state index contributed by atoms with van der Waals surface area (Å²) in [6, 6.07) is 6.96. The van der Waals surface area contributed by atoms with Crippen LogP contribution < -0.4 is 4.74 Å². The van der Waals surface area contributed by atoms with E-state index in [4.69, 9.17) is 15.0 Å². The van der Waals surface area contributed by atoms with Gasteiger partial charge in [-0.3, -0.25) is 0 Å². The first-order valence-electron chi connectivity index (χ1n) is 4.28. The van der Waals surface area contributed by atoms with Crippen molar-refractivity contribution in [2.75, 3.05) is 13.2 Å². The average Bonchev–Trinajstić information content (AvgIpc) is 3.01. The second-order valence-corrected chi connectivity index (χ2v) is 2.95. The Balaban J connectivity index is 1.94. The summed E-state index contributed by atoms with van der Waals surface area (Å²) in [7, 11) is 0. The van der Waals surface area contributed by atoms with Crippen LogP contribution in [-0.2, 0) is 4.74 Å². The molecule has 0 aromatic heterocycles. The smallest absolute Gasteiger partial charge is 0.119 e. The van der Waals surface area contributed by atoms with Crippen molar-refractivity contribution in [1.29, 1.82) is 0 Å². The van der Waals surface area contributed by atoms with Crippen LogP contribution >= 0.6 is 0 Å². The van der Waals surface area contributed by atoms with Crippen LogP contribution in [0.5, 0.6) is 5.75 Å². The van der Waals surface area contributed by atoms with Gasteiger partial charge in [-0.15, -0.1) is 0 Å². The Morgan fingerprint density at radius 1 is 1.50 bits per heavy atom. The molecule has 1 aromatic rings. The lowest BCUT2D eigenvalue weighted by Crippen LogP contribution is -2.03. The van der Waals surface area contributed by atoms with Crippen molar-refractivity contribution in [3.8, 4) is 5.75 Å². The quantitative estimate of drug-likeness (QED) is 0.317. The van der Waals surface area contributed by atoms with Gasteiger partial charge in [0.15, 0.2) is 0 Å². The molecule has 72 valence electrons. The van der Waals surface area contributed by atoms with E-state index in [1.165, 1.54) is 0 Å². The van der Waals surface area contributed by atoms with E-state index in [1.54, 1.807) is 24.3 Å². The zero-order chi connectivity index (χ0) is 9.80. The van der Waals surface area contributed by atoms with Crippen molar-refractivity contribution in [3.05, 3.63) is 34.7 Å². The molecule has 1 aliphatic heterocycles. The Kier molecular flexibility index (Phi) is 2.53. The molecule has 2 rings (SSSR count). The summed E-state index contributed by atoms with van der Waals surface area (Å²) in [6.45, 7) is 1.37. The van der Waals surface area contributed by atoms with Crippen LogP contribution in [0.2, 0.25) is 0 Å². The molecule has 1 aromatic carbocycles. The molecule has 5 nitrogen and oxygen atoms in total. The van der Waals surface area contributed by atoms with E-state index < -0.39 is 0 Å². The Morgan fingerprint density at radius 3 is 2.79 bits per heavy atom. The van der Waals surface area contributed by atoms with Gasteiger partial charge in [-0.25, -0.2) is 0 Å². The summed E-state index contributed by atoms with van der Waals surface area (Å²) in [5.74, 6) is 0.761. The SMILES string of the molecule is [N-]=[N+]=Nc1ccc(OCC2CO2)cc1. The lowest BCUT2D eigenvalue weighted by atomic mass is 10.3. The van der Waals surface area contributed by atoms with Crippen molar-refractivity contribution < 1.29 is 9.47 Å². The standard InChI is InChI=1S/C9H9N3O2/c10-12-11-7-1-3-8(4-2-7)13-5-9-6-14-9/h1-4,9H,5-6H2. The molecule has 1 heterocycles. The van der Waals surface area contributed by atoms with E-state index in [-0.39, 0.29) is 6.10 Å². The van der Waals surface area contributed by atoms with Gasteiger partial charge < -0.3 is 9.47 Å². The molecule has 1 saturated heterocycles. The first kappa shape index (κ1) is 8.87. The number of benzene rings is 1. The normalized spacial score (nSPS) is 18.4. The highest BCUT2D eigenvalue weighted by atomic mass is 16.6. The molecule has 0 amide bonds. The molecule has 1 fully saturated rings. The van der Waals surface area contributed by atoms with Crippen LogP contribution in [0, 0.1) is 0 Å². The number of hydrogen-bond donors (Lipinski definition) is 0. The molecular formula is C9H9N3O2. The Labute approximate surface area is 80.9 Å². The maximum Gasteiger partial charge on any atom is 0.119 e. The highest BCUT2D eigenvalue weighted by Gasteiger charge is 2.22. The Morgan fingerprint density at radius 2 is 2.21 bits per heavy atom. The summed E-state index contributed by atoms with van der Waals surface area (Å²) in [4.78, 5) is 2.68. The van der Waals surface area contributed by atoms with Crippen LogP contribution in [0.4, 0.5) is 5.69 Å². The summed E-state index contributed by atoms with van der Waals surface area (Å²) in [6.07, 6.45) is 0.256. The first-order chi connectivity index (χ1) is 6.88. The summed E-state index contributed by atoms with van der Waals surface area (Å²) >= 11 is 0. The predicted octanol–water partition coefficient (Wildman–Crippen LogP) is 2.41. The van der Waals surface area contributed by atoms with E-state index >= 15 is 0 Å². The minimum absolute atomic E-state index is 0.256. The van der Waals surface area contributed by atoms with Crippen LogP contribution in [0.3, 0.4) is 0 Å². The molecule has 0 saturated carbocycles. The molecule has 5 heteroatoms. The first-order valence-corrected chi connectivity index (χ1v) is 4.28. The molecule has 0 spiro atoms. The van der Waals surface area contributed by atoms with Gasteiger partial charge >= 0.3 is 0 Å². The van der Waals surface area contributed by atoms with E-state index in [2.05, 4.69) is 10.0 Å². The van der Waals surface area contributed by atoms with E-state index in [0.29, 0.717) is 12.3 Å². The maximum atomic E-state index is 8.18. The van der Waals surface area contributed by atoms with Crippen molar-refractivity contribution in [2.45, 2.75) is 6.10 Å². The maximum absolute atomic E-state index is 8.18. The molecule has 0 radical (unpaired) electrons. The van der Waals surface area contributed by atoms with Gasteiger partial charge in [0, 0.05) is 10.6 Å². The molecule has 1 atom stereocenters. The van der Waals surface area contributed by atoms with Gasteiger partial charge in [-0.2, -0.15) is 0 Å². The number of epoxide rings is 1. The highest BCUT2D eigenvalue weighted by molar-refractivity contribution is 5.40. The number of nitrogens with zero attached hydrogens (tertiary/aromatic N) is 3. The predicted molar refractivity (Wildman–Crippen MR) is 50.5 cm³/mol. The highest BCUT2D eigenvalue weighted by Crippen LogP contribution is 2.19. The monoisotopic (exact) mass is 191 g/mol. The van der Waals surface area contributed by atoms with Crippen molar-refractivity contribution in [2.24, 2.45) is 5.11 Å². The average molecular weight is 191 g/mol. The third-order valence-corrected chi connectivity index (χ3v) is 1.84. The third-order valence-electron chi connectivity index (χ3n) is 1.84. The molecule has 14 heavy (non-hydrogen) atoms. The Hall–Kier alpha value is -1.71. The van der Waals surface area contributed by atoms with Crippen LogP contribution in [0.1, 0.15) is 0 Å². The lowest BCUT2D eigenvalue weighted by Gasteiger charge is -2.03. The number of ether oxygens (including phenoxy) is 2. The fourth-order valence-corrected chi connectivity index (χ4v) is 1.01. The van der Waals surface area contributed by atoms with E-state index in [1.807, 2.05) is 0 Å². The number of rotatable bonds is 4. The second kappa shape index (κ2) is 4.00. The topological polar surface area (TPSA) is 70.5 Å². The minimum atomic E-state index is 0.256. The molecule has 1 aliphatic rings. The number of hydrogen-bond acceptors (Lipinski definition) is 3. The van der Waals surface area contributed by atoms with Gasteiger partial charge in [0.25, 0.3) is 0 Å². The molecular weight excluding hydrogens is 182 g/mol. The van der Waals surface area contributed by atoms with Gasteiger partial charge in [-0.1, -0.05) is 5.11 Å². The number of azide groups is 1. The van der Waals surface area contributed by atoms with Crippen LogP contribution in [0.15, 0.2) is 29.4 Å². The third kappa shape index (κ3) is 2.39. The fourth-order valence-electron chi connectivity index (χ4n) is 1.01. The zero-order valence-corrected chi connectivity index (χ0v) is 7.46. The molecule has 1 unspecified atom stereocenters. The van der Waals surface area contributed by atoms with Crippen molar-refractivity contribution in [1.82, 2.24) is 0 Å². The largest absolute Gasteiger partial charge is 0.491 e. The second-order valence-electron chi connectivity index (χ2n) is 2.95. The van der Waals surface area contributed by atoms with Gasteiger partial charge in [0.2, 0.25) is 0 Å². The van der Waals surface area contributed by atoms with Crippen LogP contribution in [0.25, 0.3) is 10.4 Å². The van der Waals surface area contributed by atoms with Gasteiger partial charge in [-0.05, 0) is 29.8 Å². The molecule has 0 N–H and O–H groups in total. The Bertz CT molecular complexity index is 353. The lowest BCUT2D eigenvalue weighted by molar-refractivity contribution is 0.263. The minimum Gasteiger partial charge on any atom is -0.491 e. The molecule has 0 aliphatic carbocycles. The fraction of sp³-hybridized carbons (Fsp3) is 0.333. The molecule has 0 bridgehead atoms. The van der Waals surface area contributed by atoms with Gasteiger partial charge in [0.1, 0.15) is 18.5 Å². The van der Waals surface area contributed by atoms with Crippen molar-refractivity contribution >= 4 is 5.69 Å². The van der Waals surface area contributed by atoms with Gasteiger partial charge in [0.05, 0.1) is 6.61 Å². The van der Waals surface area contributed by atoms with E-state index in [0.717, 1.165) is 12.4 Å². The summed E-state index contributed by atoms with van der Waals surface area (Å²) in [5, 5.41) is 3.46. The van der Waals surface area contributed by atoms with Crippen molar-refractivity contribution in [3.63, 3.8) is 0 Å². The summed E-state index contributed by atoms with van der Waals surface area (Å²) in [5.41, 5.74) is 8.77. The van der Waals surface area contributed by atoms with Crippen LogP contribution in [-0.4, -0.2) is 19.3 Å². The summed E-state index contributed by atoms with van der Waals surface area (Å²) < 4.78 is 10.4. The zero-order valence-electron chi connectivity index (χ0n) is 7.46.